The number of nitrogens with zero attached hydrogens (tertiary/aromatic N) is 1. The molecule has 0 saturated carbocycles. The molecule has 0 fully saturated rings. The van der Waals surface area contributed by atoms with Crippen LogP contribution in [0, 0.1) is 5.92 Å². The minimum absolute atomic E-state index is 0.117. The van der Waals surface area contributed by atoms with Crippen molar-refractivity contribution in [2.75, 3.05) is 0 Å². The number of carboxylic acid groups (broad SMARTS) is 1. The summed E-state index contributed by atoms with van der Waals surface area (Å²) < 4.78 is 7.72. The number of aromatic nitrogens is 1. The topological polar surface area (TPSA) is 51.5 Å². The molecular formula is C15H19NO3. The van der Waals surface area contributed by atoms with Gasteiger partial charge in [-0.3, -0.25) is 4.79 Å². The van der Waals surface area contributed by atoms with Crippen LogP contribution >= 0.6 is 0 Å². The quantitative estimate of drug-likeness (QED) is 0.899. The third kappa shape index (κ3) is 2.89. The molecule has 0 saturated heterocycles. The fourth-order valence-corrected chi connectivity index (χ4v) is 2.08. The molecule has 19 heavy (non-hydrogen) atoms. The van der Waals surface area contributed by atoms with Crippen LogP contribution in [0.2, 0.25) is 0 Å². The summed E-state index contributed by atoms with van der Waals surface area (Å²) in [4.78, 5) is 10.9. The average Bonchev–Trinajstić information content (AvgIpc) is 2.73. The Balaban J connectivity index is 2.35. The smallest absolute Gasteiger partial charge is 0.308 e. The lowest BCUT2D eigenvalue weighted by Gasteiger charge is -2.12. The lowest BCUT2D eigenvalue weighted by Crippen LogP contribution is -2.16. The second-order valence-electron chi connectivity index (χ2n) is 5.06. The molecule has 0 bridgehead atoms. The van der Waals surface area contributed by atoms with E-state index in [4.69, 9.17) is 9.84 Å². The molecule has 2 rings (SSSR count). The Morgan fingerprint density at radius 1 is 1.32 bits per heavy atom. The Kier molecular flexibility index (Phi) is 3.79. The maximum absolute atomic E-state index is 10.9. The zero-order valence-corrected chi connectivity index (χ0v) is 11.5. The molecule has 0 aliphatic carbocycles. The van der Waals surface area contributed by atoms with E-state index in [2.05, 4.69) is 0 Å². The van der Waals surface area contributed by atoms with Gasteiger partial charge >= 0.3 is 5.97 Å². The van der Waals surface area contributed by atoms with Crippen molar-refractivity contribution >= 4 is 16.9 Å². The second-order valence-corrected chi connectivity index (χ2v) is 5.06. The standard InChI is InChI=1S/C15H19NO3/c1-10(2)19-14-6-4-5-13-12(14)7-8-16(13)9-11(3)15(17)18/h4-8,10-11H,9H2,1-3H3,(H,17,18). The molecule has 4 nitrogen and oxygen atoms in total. The van der Waals surface area contributed by atoms with Crippen LogP contribution in [0.5, 0.6) is 5.75 Å². The molecule has 0 amide bonds. The van der Waals surface area contributed by atoms with Crippen LogP contribution in [-0.2, 0) is 11.3 Å². The number of benzene rings is 1. The van der Waals surface area contributed by atoms with Crippen LogP contribution in [0.25, 0.3) is 10.9 Å². The van der Waals surface area contributed by atoms with Gasteiger partial charge in [-0.2, -0.15) is 0 Å². The highest BCUT2D eigenvalue weighted by molar-refractivity contribution is 5.86. The highest BCUT2D eigenvalue weighted by Crippen LogP contribution is 2.27. The normalized spacial score (nSPS) is 12.8. The van der Waals surface area contributed by atoms with E-state index in [1.54, 1.807) is 6.92 Å². The number of aliphatic carboxylic acids is 1. The fraction of sp³-hybridized carbons (Fsp3) is 0.400. The first kappa shape index (κ1) is 13.5. The van der Waals surface area contributed by atoms with E-state index in [0.29, 0.717) is 6.54 Å². The van der Waals surface area contributed by atoms with Crippen molar-refractivity contribution in [1.82, 2.24) is 4.57 Å². The van der Waals surface area contributed by atoms with Gasteiger partial charge in [-0.25, -0.2) is 0 Å². The Morgan fingerprint density at radius 2 is 2.05 bits per heavy atom. The summed E-state index contributed by atoms with van der Waals surface area (Å²) in [7, 11) is 0. The van der Waals surface area contributed by atoms with Crippen molar-refractivity contribution < 1.29 is 14.6 Å². The molecule has 0 aliphatic heterocycles. The summed E-state index contributed by atoms with van der Waals surface area (Å²) >= 11 is 0. The van der Waals surface area contributed by atoms with Crippen molar-refractivity contribution in [2.24, 2.45) is 5.92 Å². The third-order valence-electron chi connectivity index (χ3n) is 3.03. The van der Waals surface area contributed by atoms with E-state index < -0.39 is 11.9 Å². The summed E-state index contributed by atoms with van der Waals surface area (Å²) in [5.74, 6) is -0.351. The van der Waals surface area contributed by atoms with Crippen LogP contribution < -0.4 is 4.74 Å². The van der Waals surface area contributed by atoms with Gasteiger partial charge in [0.15, 0.2) is 0 Å². The van der Waals surface area contributed by atoms with E-state index in [0.717, 1.165) is 16.7 Å². The maximum Gasteiger partial charge on any atom is 0.308 e. The SMILES string of the molecule is CC(C)Oc1cccc2c1ccn2CC(C)C(=O)O. The van der Waals surface area contributed by atoms with Gasteiger partial charge in [0.1, 0.15) is 5.75 Å². The summed E-state index contributed by atoms with van der Waals surface area (Å²) in [5.41, 5.74) is 1.01. The minimum Gasteiger partial charge on any atom is -0.490 e. The first-order chi connectivity index (χ1) is 8.99. The van der Waals surface area contributed by atoms with Crippen LogP contribution in [0.15, 0.2) is 30.5 Å². The number of carbonyl (C=O) groups is 1. The molecule has 0 spiro atoms. The predicted octanol–water partition coefficient (Wildman–Crippen LogP) is 3.15. The van der Waals surface area contributed by atoms with Crippen molar-refractivity contribution in [1.29, 1.82) is 0 Å². The first-order valence-corrected chi connectivity index (χ1v) is 6.46. The van der Waals surface area contributed by atoms with Crippen LogP contribution in [-0.4, -0.2) is 21.7 Å². The van der Waals surface area contributed by atoms with E-state index in [-0.39, 0.29) is 6.10 Å². The number of hydrogen-bond acceptors (Lipinski definition) is 2. The minimum atomic E-state index is -0.781. The number of rotatable bonds is 5. The molecule has 0 radical (unpaired) electrons. The van der Waals surface area contributed by atoms with Crippen LogP contribution in [0.1, 0.15) is 20.8 Å². The van der Waals surface area contributed by atoms with E-state index >= 15 is 0 Å². The maximum atomic E-state index is 10.9. The van der Waals surface area contributed by atoms with E-state index in [1.165, 1.54) is 0 Å². The Hall–Kier alpha value is -1.97. The monoisotopic (exact) mass is 261 g/mol. The second kappa shape index (κ2) is 5.34. The largest absolute Gasteiger partial charge is 0.490 e. The van der Waals surface area contributed by atoms with Gasteiger partial charge in [0.25, 0.3) is 0 Å². The lowest BCUT2D eigenvalue weighted by molar-refractivity contribution is -0.141. The summed E-state index contributed by atoms with van der Waals surface area (Å²) in [6.07, 6.45) is 2.03. The van der Waals surface area contributed by atoms with Crippen molar-refractivity contribution in [3.63, 3.8) is 0 Å². The Morgan fingerprint density at radius 3 is 2.68 bits per heavy atom. The van der Waals surface area contributed by atoms with Gasteiger partial charge in [-0.05, 0) is 32.0 Å². The Bertz CT molecular complexity index is 586. The highest BCUT2D eigenvalue weighted by atomic mass is 16.5. The van der Waals surface area contributed by atoms with Gasteiger partial charge in [-0.15, -0.1) is 0 Å². The number of carboxylic acids is 1. The van der Waals surface area contributed by atoms with Gasteiger partial charge < -0.3 is 14.4 Å². The van der Waals surface area contributed by atoms with Crippen molar-refractivity contribution in [2.45, 2.75) is 33.4 Å². The lowest BCUT2D eigenvalue weighted by atomic mass is 10.2. The van der Waals surface area contributed by atoms with Crippen LogP contribution in [0.4, 0.5) is 0 Å². The van der Waals surface area contributed by atoms with Crippen molar-refractivity contribution in [3.8, 4) is 5.75 Å². The average molecular weight is 261 g/mol. The third-order valence-corrected chi connectivity index (χ3v) is 3.03. The molecule has 0 aliphatic rings. The zero-order chi connectivity index (χ0) is 14.0. The summed E-state index contributed by atoms with van der Waals surface area (Å²) in [6.45, 7) is 6.15. The molecule has 1 N–H and O–H groups in total. The fourth-order valence-electron chi connectivity index (χ4n) is 2.08. The molecule has 2 aromatic rings. The first-order valence-electron chi connectivity index (χ1n) is 6.46. The summed E-state index contributed by atoms with van der Waals surface area (Å²) in [6, 6.07) is 7.83. The number of hydrogen-bond donors (Lipinski definition) is 1. The molecule has 1 aromatic carbocycles. The van der Waals surface area contributed by atoms with Gasteiger partial charge in [0.05, 0.1) is 17.5 Å². The molecule has 102 valence electrons. The molecule has 4 heteroatoms. The van der Waals surface area contributed by atoms with Gasteiger partial charge in [-0.1, -0.05) is 13.0 Å². The zero-order valence-electron chi connectivity index (χ0n) is 11.5. The summed E-state index contributed by atoms with van der Waals surface area (Å²) in [5, 5.41) is 10.0. The van der Waals surface area contributed by atoms with Gasteiger partial charge in [0.2, 0.25) is 0 Å². The van der Waals surface area contributed by atoms with Crippen molar-refractivity contribution in [3.05, 3.63) is 30.5 Å². The highest BCUT2D eigenvalue weighted by Gasteiger charge is 2.14. The molecule has 1 aromatic heterocycles. The predicted molar refractivity (Wildman–Crippen MR) is 74.5 cm³/mol. The Labute approximate surface area is 112 Å². The molecule has 1 atom stereocenters. The number of ether oxygens (including phenoxy) is 1. The van der Waals surface area contributed by atoms with E-state index in [1.807, 2.05) is 48.9 Å². The molecule has 1 unspecified atom stereocenters. The molecule has 1 heterocycles. The molecular weight excluding hydrogens is 242 g/mol. The number of fused-ring (bicyclic) bond motifs is 1. The van der Waals surface area contributed by atoms with Gasteiger partial charge in [0, 0.05) is 18.1 Å². The van der Waals surface area contributed by atoms with E-state index in [9.17, 15) is 4.79 Å². The van der Waals surface area contributed by atoms with Crippen LogP contribution in [0.3, 0.4) is 0 Å².